The number of Topliss-reactive ketones (excluding diaryl/α,β-unsaturated/α-hetero) is 1. The number of amides is 2. The summed E-state index contributed by atoms with van der Waals surface area (Å²) in [6, 6.07) is 16.4. The molecule has 0 saturated carbocycles. The van der Waals surface area contributed by atoms with E-state index in [-0.39, 0.29) is 37.0 Å². The second-order valence-electron chi connectivity index (χ2n) is 5.79. The molecule has 2 rings (SSSR count). The maximum absolute atomic E-state index is 12.2. The molecule has 0 bridgehead atoms. The summed E-state index contributed by atoms with van der Waals surface area (Å²) in [7, 11) is 1.56. The molecule has 0 atom stereocenters. The normalized spacial score (nSPS) is 10.2. The van der Waals surface area contributed by atoms with E-state index in [4.69, 9.17) is 0 Å². The molecule has 0 radical (unpaired) electrons. The van der Waals surface area contributed by atoms with Crippen LogP contribution in [0, 0.1) is 0 Å². The van der Waals surface area contributed by atoms with Crippen molar-refractivity contribution in [2.45, 2.75) is 17.7 Å². The third kappa shape index (κ3) is 5.74. The SMILES string of the molecule is CSc1ccccc1NC(=O)CN(C)C(=O)CCC(=O)c1ccccc1. The highest BCUT2D eigenvalue weighted by Crippen LogP contribution is 2.24. The molecule has 0 fully saturated rings. The smallest absolute Gasteiger partial charge is 0.244 e. The number of ketones is 1. The van der Waals surface area contributed by atoms with Crippen molar-refractivity contribution in [1.29, 1.82) is 0 Å². The number of benzene rings is 2. The van der Waals surface area contributed by atoms with Crippen molar-refractivity contribution < 1.29 is 14.4 Å². The molecule has 136 valence electrons. The van der Waals surface area contributed by atoms with Gasteiger partial charge in [-0.1, -0.05) is 42.5 Å². The van der Waals surface area contributed by atoms with Crippen molar-refractivity contribution in [2.24, 2.45) is 0 Å². The van der Waals surface area contributed by atoms with Crippen LogP contribution in [-0.4, -0.2) is 42.3 Å². The lowest BCUT2D eigenvalue weighted by Gasteiger charge is -2.17. The highest BCUT2D eigenvalue weighted by atomic mass is 32.2. The number of nitrogens with zero attached hydrogens (tertiary/aromatic N) is 1. The van der Waals surface area contributed by atoms with Crippen LogP contribution >= 0.6 is 11.8 Å². The molecule has 6 heteroatoms. The molecule has 0 aliphatic rings. The van der Waals surface area contributed by atoms with Gasteiger partial charge in [0.25, 0.3) is 0 Å². The molecule has 2 amide bonds. The van der Waals surface area contributed by atoms with E-state index in [0.29, 0.717) is 5.56 Å². The fourth-order valence-electron chi connectivity index (χ4n) is 2.42. The molecule has 0 heterocycles. The first-order valence-electron chi connectivity index (χ1n) is 8.26. The zero-order chi connectivity index (χ0) is 18.9. The number of hydrogen-bond acceptors (Lipinski definition) is 4. The van der Waals surface area contributed by atoms with Gasteiger partial charge in [-0.05, 0) is 18.4 Å². The highest BCUT2D eigenvalue weighted by molar-refractivity contribution is 7.98. The van der Waals surface area contributed by atoms with Crippen LogP contribution in [0.4, 0.5) is 5.69 Å². The maximum Gasteiger partial charge on any atom is 0.244 e. The number of nitrogens with one attached hydrogen (secondary N) is 1. The molecule has 0 aromatic heterocycles. The van der Waals surface area contributed by atoms with Crippen molar-refractivity contribution >= 4 is 35.0 Å². The van der Waals surface area contributed by atoms with Gasteiger partial charge < -0.3 is 10.2 Å². The predicted octanol–water partition coefficient (Wildman–Crippen LogP) is 3.47. The van der Waals surface area contributed by atoms with Gasteiger partial charge in [0.2, 0.25) is 11.8 Å². The van der Waals surface area contributed by atoms with Gasteiger partial charge in [-0.2, -0.15) is 0 Å². The molecular formula is C20H22N2O3S. The maximum atomic E-state index is 12.2. The van der Waals surface area contributed by atoms with Gasteiger partial charge >= 0.3 is 0 Å². The highest BCUT2D eigenvalue weighted by Gasteiger charge is 2.16. The average Bonchev–Trinajstić information content (AvgIpc) is 2.66. The molecule has 0 spiro atoms. The lowest BCUT2D eigenvalue weighted by atomic mass is 10.1. The summed E-state index contributed by atoms with van der Waals surface area (Å²) in [6.45, 7) is -0.0545. The summed E-state index contributed by atoms with van der Waals surface area (Å²) in [4.78, 5) is 38.7. The number of carbonyl (C=O) groups excluding carboxylic acids is 3. The molecule has 0 saturated heterocycles. The number of carbonyl (C=O) groups is 3. The molecule has 0 unspecified atom stereocenters. The molecule has 2 aromatic rings. The quantitative estimate of drug-likeness (QED) is 0.571. The summed E-state index contributed by atoms with van der Waals surface area (Å²) >= 11 is 1.54. The number of rotatable bonds is 8. The van der Waals surface area contributed by atoms with Crippen molar-refractivity contribution in [3.05, 3.63) is 60.2 Å². The molecule has 0 aliphatic heterocycles. The first-order chi connectivity index (χ1) is 12.5. The van der Waals surface area contributed by atoms with Crippen LogP contribution in [0.1, 0.15) is 23.2 Å². The van der Waals surface area contributed by atoms with E-state index < -0.39 is 0 Å². The summed E-state index contributed by atoms with van der Waals surface area (Å²) in [5.41, 5.74) is 1.32. The Morgan fingerprint density at radius 3 is 2.31 bits per heavy atom. The van der Waals surface area contributed by atoms with Gasteiger partial charge in [-0.25, -0.2) is 0 Å². The average molecular weight is 370 g/mol. The van der Waals surface area contributed by atoms with E-state index in [2.05, 4.69) is 5.32 Å². The number of anilines is 1. The minimum atomic E-state index is -0.267. The van der Waals surface area contributed by atoms with Crippen molar-refractivity contribution in [1.82, 2.24) is 4.90 Å². The molecular weight excluding hydrogens is 348 g/mol. The van der Waals surface area contributed by atoms with Gasteiger partial charge in [0.1, 0.15) is 0 Å². The van der Waals surface area contributed by atoms with Gasteiger partial charge in [-0.15, -0.1) is 11.8 Å². The first kappa shape index (κ1) is 19.7. The molecule has 5 nitrogen and oxygen atoms in total. The van der Waals surface area contributed by atoms with Crippen LogP contribution in [0.2, 0.25) is 0 Å². The Hall–Kier alpha value is -2.60. The van der Waals surface area contributed by atoms with Gasteiger partial charge in [0.05, 0.1) is 12.2 Å². The topological polar surface area (TPSA) is 66.5 Å². The molecule has 2 aromatic carbocycles. The Bertz CT molecular complexity index is 778. The van der Waals surface area contributed by atoms with E-state index in [9.17, 15) is 14.4 Å². The van der Waals surface area contributed by atoms with Crippen molar-refractivity contribution in [3.63, 3.8) is 0 Å². The van der Waals surface area contributed by atoms with E-state index in [0.717, 1.165) is 10.6 Å². The third-order valence-electron chi connectivity index (χ3n) is 3.85. The van der Waals surface area contributed by atoms with Crippen LogP contribution in [0.5, 0.6) is 0 Å². The molecule has 0 aliphatic carbocycles. The molecule has 1 N–H and O–H groups in total. The summed E-state index contributed by atoms with van der Waals surface area (Å²) in [5, 5.41) is 2.82. The fraction of sp³-hybridized carbons (Fsp3) is 0.250. The Morgan fingerprint density at radius 1 is 0.962 bits per heavy atom. The van der Waals surface area contributed by atoms with Crippen LogP contribution < -0.4 is 5.32 Å². The van der Waals surface area contributed by atoms with Gasteiger partial charge in [0, 0.05) is 30.3 Å². The predicted molar refractivity (Wildman–Crippen MR) is 104 cm³/mol. The number of thioether (sulfide) groups is 1. The van der Waals surface area contributed by atoms with Crippen LogP contribution in [-0.2, 0) is 9.59 Å². The second-order valence-corrected chi connectivity index (χ2v) is 6.64. The first-order valence-corrected chi connectivity index (χ1v) is 9.49. The van der Waals surface area contributed by atoms with Gasteiger partial charge in [0.15, 0.2) is 5.78 Å². The minimum Gasteiger partial charge on any atom is -0.336 e. The van der Waals surface area contributed by atoms with Crippen molar-refractivity contribution in [3.8, 4) is 0 Å². The lowest BCUT2D eigenvalue weighted by molar-refractivity contribution is -0.133. The van der Waals surface area contributed by atoms with Gasteiger partial charge in [-0.3, -0.25) is 14.4 Å². The largest absolute Gasteiger partial charge is 0.336 e. The number of hydrogen-bond donors (Lipinski definition) is 1. The zero-order valence-corrected chi connectivity index (χ0v) is 15.7. The molecule has 26 heavy (non-hydrogen) atoms. The Balaban J connectivity index is 1.82. The Labute approximate surface area is 157 Å². The number of para-hydroxylation sites is 1. The van der Waals surface area contributed by atoms with Crippen molar-refractivity contribution in [2.75, 3.05) is 25.2 Å². The van der Waals surface area contributed by atoms with E-state index >= 15 is 0 Å². The minimum absolute atomic E-state index is 0.0545. The van der Waals surface area contributed by atoms with E-state index in [1.54, 1.807) is 31.3 Å². The summed E-state index contributed by atoms with van der Waals surface area (Å²) < 4.78 is 0. The van der Waals surface area contributed by atoms with Crippen LogP contribution in [0.25, 0.3) is 0 Å². The third-order valence-corrected chi connectivity index (χ3v) is 4.65. The standard InChI is InChI=1S/C20H22N2O3S/c1-22(14-19(24)21-16-10-6-7-11-18(16)26-2)20(25)13-12-17(23)15-8-4-3-5-9-15/h3-11H,12-14H2,1-2H3,(H,21,24). The fourth-order valence-corrected chi connectivity index (χ4v) is 2.97. The zero-order valence-electron chi connectivity index (χ0n) is 14.9. The second kappa shape index (κ2) is 9.77. The van der Waals surface area contributed by atoms with Crippen LogP contribution in [0.15, 0.2) is 59.5 Å². The van der Waals surface area contributed by atoms with Crippen LogP contribution in [0.3, 0.4) is 0 Å². The van der Waals surface area contributed by atoms with E-state index in [1.807, 2.05) is 36.6 Å². The summed E-state index contributed by atoms with van der Waals surface area (Å²) in [5.74, 6) is -0.579. The Morgan fingerprint density at radius 2 is 1.62 bits per heavy atom. The monoisotopic (exact) mass is 370 g/mol. The summed E-state index contributed by atoms with van der Waals surface area (Å²) in [6.07, 6.45) is 2.15. The van der Waals surface area contributed by atoms with E-state index in [1.165, 1.54) is 16.7 Å². The Kier molecular flexibility index (Phi) is 7.41. The number of likely N-dealkylation sites (N-methyl/N-ethyl adjacent to an activating group) is 1. The lowest BCUT2D eigenvalue weighted by Crippen LogP contribution is -2.35.